The van der Waals surface area contributed by atoms with Gasteiger partial charge >= 0.3 is 0 Å². The minimum Gasteiger partial charge on any atom is -0.322 e. The SMILES string of the molecule is Cc1ccc(S(=O)(=O)N2CCC(C)CC2)cc1C(=O)Nc1ccc(S(=O)(=O)Nc2cccnc2)cc1. The summed E-state index contributed by atoms with van der Waals surface area (Å²) in [5.41, 5.74) is 1.56. The first-order valence-electron chi connectivity index (χ1n) is 11.5. The molecule has 0 bridgehead atoms. The molecule has 1 aliphatic heterocycles. The van der Waals surface area contributed by atoms with E-state index in [9.17, 15) is 21.6 Å². The van der Waals surface area contributed by atoms with Gasteiger partial charge in [0.1, 0.15) is 0 Å². The van der Waals surface area contributed by atoms with Crippen molar-refractivity contribution < 1.29 is 21.6 Å². The molecule has 1 aliphatic rings. The number of nitrogens with zero attached hydrogens (tertiary/aromatic N) is 2. The lowest BCUT2D eigenvalue weighted by molar-refractivity contribution is 0.102. The first-order valence-corrected chi connectivity index (χ1v) is 14.4. The third-order valence-corrected chi connectivity index (χ3v) is 9.46. The average Bonchev–Trinajstić information content (AvgIpc) is 2.85. The van der Waals surface area contributed by atoms with E-state index >= 15 is 0 Å². The molecule has 0 atom stereocenters. The lowest BCUT2D eigenvalue weighted by atomic mass is 10.0. The second kappa shape index (κ2) is 10.4. The number of amides is 1. The molecule has 2 N–H and O–H groups in total. The summed E-state index contributed by atoms with van der Waals surface area (Å²) in [5, 5.41) is 2.72. The van der Waals surface area contributed by atoms with Crippen LogP contribution in [0.4, 0.5) is 11.4 Å². The van der Waals surface area contributed by atoms with E-state index in [0.29, 0.717) is 35.9 Å². The quantitative estimate of drug-likeness (QED) is 0.480. The number of rotatable bonds is 7. The number of anilines is 2. The first-order chi connectivity index (χ1) is 17.1. The number of carbonyl (C=O) groups is 1. The molecular formula is C25H28N4O5S2. The van der Waals surface area contributed by atoms with E-state index < -0.39 is 26.0 Å². The Morgan fingerprint density at radius 1 is 0.944 bits per heavy atom. The fraction of sp³-hybridized carbons (Fsp3) is 0.280. The van der Waals surface area contributed by atoms with Crippen molar-refractivity contribution in [3.8, 4) is 0 Å². The molecule has 36 heavy (non-hydrogen) atoms. The Morgan fingerprint density at radius 2 is 1.61 bits per heavy atom. The molecular weight excluding hydrogens is 500 g/mol. The summed E-state index contributed by atoms with van der Waals surface area (Å²) in [7, 11) is -7.53. The Labute approximate surface area is 211 Å². The van der Waals surface area contributed by atoms with Crippen LogP contribution in [0.25, 0.3) is 0 Å². The number of sulfonamides is 2. The highest BCUT2D eigenvalue weighted by atomic mass is 32.2. The summed E-state index contributed by atoms with van der Waals surface area (Å²) in [5.74, 6) is 0.00391. The molecule has 0 aliphatic carbocycles. The lowest BCUT2D eigenvalue weighted by Gasteiger charge is -2.29. The average molecular weight is 529 g/mol. The number of aryl methyl sites for hydroxylation is 1. The van der Waals surface area contributed by atoms with Gasteiger partial charge in [-0.1, -0.05) is 13.0 Å². The van der Waals surface area contributed by atoms with Crippen LogP contribution in [-0.2, 0) is 20.0 Å². The second-order valence-electron chi connectivity index (χ2n) is 8.89. The maximum atomic E-state index is 13.1. The van der Waals surface area contributed by atoms with Gasteiger partial charge in [-0.15, -0.1) is 0 Å². The molecule has 9 nitrogen and oxygen atoms in total. The summed E-state index contributed by atoms with van der Waals surface area (Å²) in [6, 6.07) is 13.4. The van der Waals surface area contributed by atoms with E-state index in [1.54, 1.807) is 25.1 Å². The van der Waals surface area contributed by atoms with Crippen LogP contribution in [0.1, 0.15) is 35.7 Å². The predicted octanol–water partition coefficient (Wildman–Crippen LogP) is 3.86. The van der Waals surface area contributed by atoms with E-state index in [2.05, 4.69) is 21.9 Å². The number of carbonyl (C=O) groups excluding carboxylic acids is 1. The minimum atomic E-state index is -3.83. The zero-order chi connectivity index (χ0) is 25.9. The Kier molecular flexibility index (Phi) is 7.43. The number of aromatic nitrogens is 1. The third kappa shape index (κ3) is 5.75. The van der Waals surface area contributed by atoms with Gasteiger partial charge < -0.3 is 5.32 Å². The van der Waals surface area contributed by atoms with Crippen LogP contribution in [0, 0.1) is 12.8 Å². The van der Waals surface area contributed by atoms with Crippen LogP contribution in [0.2, 0.25) is 0 Å². The van der Waals surface area contributed by atoms with Gasteiger partial charge in [0, 0.05) is 30.5 Å². The second-order valence-corrected chi connectivity index (χ2v) is 12.5. The molecule has 2 aromatic carbocycles. The molecule has 4 rings (SSSR count). The number of benzene rings is 2. The van der Waals surface area contributed by atoms with Gasteiger partial charge in [0.25, 0.3) is 15.9 Å². The van der Waals surface area contributed by atoms with Crippen LogP contribution in [0.3, 0.4) is 0 Å². The first kappa shape index (κ1) is 25.8. The standard InChI is InChI=1S/C25H28N4O5S2/c1-18-11-14-29(15-12-18)36(33,34)23-8-5-19(2)24(16-23)25(30)27-20-6-9-22(10-7-20)35(31,32)28-21-4-3-13-26-17-21/h3-10,13,16-18,28H,11-12,14-15H2,1-2H3,(H,27,30). The molecule has 11 heteroatoms. The smallest absolute Gasteiger partial charge is 0.261 e. The highest BCUT2D eigenvalue weighted by Crippen LogP contribution is 2.26. The Morgan fingerprint density at radius 3 is 2.25 bits per heavy atom. The molecule has 0 unspecified atom stereocenters. The number of hydrogen-bond donors (Lipinski definition) is 2. The highest BCUT2D eigenvalue weighted by Gasteiger charge is 2.29. The van der Waals surface area contributed by atoms with Gasteiger partial charge in [-0.3, -0.25) is 14.5 Å². The molecule has 2 heterocycles. The maximum absolute atomic E-state index is 13.1. The molecule has 1 fully saturated rings. The van der Waals surface area contributed by atoms with Crippen LogP contribution in [-0.4, -0.2) is 45.1 Å². The summed E-state index contributed by atoms with van der Waals surface area (Å²) in [6.45, 7) is 4.76. The summed E-state index contributed by atoms with van der Waals surface area (Å²) in [4.78, 5) is 17.0. The van der Waals surface area contributed by atoms with E-state index in [1.165, 1.54) is 53.1 Å². The largest absolute Gasteiger partial charge is 0.322 e. The zero-order valence-corrected chi connectivity index (χ0v) is 21.6. The van der Waals surface area contributed by atoms with Crippen LogP contribution in [0.15, 0.2) is 76.8 Å². The number of piperidine rings is 1. The van der Waals surface area contributed by atoms with Crippen molar-refractivity contribution in [2.45, 2.75) is 36.5 Å². The molecule has 0 radical (unpaired) electrons. The Hall–Kier alpha value is -3.28. The topological polar surface area (TPSA) is 126 Å². The fourth-order valence-corrected chi connectivity index (χ4v) is 6.47. The van der Waals surface area contributed by atoms with E-state index in [0.717, 1.165) is 12.8 Å². The van der Waals surface area contributed by atoms with Crippen molar-refractivity contribution in [3.63, 3.8) is 0 Å². The predicted molar refractivity (Wildman–Crippen MR) is 138 cm³/mol. The molecule has 0 spiro atoms. The van der Waals surface area contributed by atoms with E-state index in [-0.39, 0.29) is 15.4 Å². The highest BCUT2D eigenvalue weighted by molar-refractivity contribution is 7.92. The number of pyridine rings is 1. The number of hydrogen-bond acceptors (Lipinski definition) is 6. The molecule has 1 aromatic heterocycles. The van der Waals surface area contributed by atoms with Crippen LogP contribution < -0.4 is 10.0 Å². The minimum absolute atomic E-state index is 0.0180. The van der Waals surface area contributed by atoms with Crippen molar-refractivity contribution in [3.05, 3.63) is 78.1 Å². The maximum Gasteiger partial charge on any atom is 0.261 e. The Balaban J connectivity index is 1.49. The van der Waals surface area contributed by atoms with Gasteiger partial charge in [-0.05, 0) is 79.8 Å². The van der Waals surface area contributed by atoms with Crippen molar-refractivity contribution in [1.29, 1.82) is 0 Å². The van der Waals surface area contributed by atoms with Crippen LogP contribution in [0.5, 0.6) is 0 Å². The van der Waals surface area contributed by atoms with E-state index in [4.69, 9.17) is 0 Å². The van der Waals surface area contributed by atoms with Crippen molar-refractivity contribution >= 4 is 37.3 Å². The summed E-state index contributed by atoms with van der Waals surface area (Å²) < 4.78 is 55.4. The molecule has 0 saturated carbocycles. The van der Waals surface area contributed by atoms with Crippen molar-refractivity contribution in [2.24, 2.45) is 5.92 Å². The van der Waals surface area contributed by atoms with Crippen molar-refractivity contribution in [2.75, 3.05) is 23.1 Å². The Bertz CT molecular complexity index is 1450. The van der Waals surface area contributed by atoms with Crippen molar-refractivity contribution in [1.82, 2.24) is 9.29 Å². The molecule has 1 amide bonds. The van der Waals surface area contributed by atoms with Gasteiger partial charge in [0.05, 0.1) is 21.7 Å². The summed E-state index contributed by atoms with van der Waals surface area (Å²) in [6.07, 6.45) is 4.55. The van der Waals surface area contributed by atoms with Gasteiger partial charge in [-0.25, -0.2) is 16.8 Å². The van der Waals surface area contributed by atoms with Gasteiger partial charge in [0.15, 0.2) is 0 Å². The van der Waals surface area contributed by atoms with Crippen LogP contribution >= 0.6 is 0 Å². The molecule has 1 saturated heterocycles. The fourth-order valence-electron chi connectivity index (χ4n) is 3.93. The normalized spacial score (nSPS) is 15.4. The molecule has 3 aromatic rings. The molecule has 190 valence electrons. The van der Waals surface area contributed by atoms with E-state index in [1.807, 2.05) is 0 Å². The van der Waals surface area contributed by atoms with Gasteiger partial charge in [0.2, 0.25) is 10.0 Å². The zero-order valence-electron chi connectivity index (χ0n) is 20.0. The summed E-state index contributed by atoms with van der Waals surface area (Å²) >= 11 is 0. The lowest BCUT2D eigenvalue weighted by Crippen LogP contribution is -2.38. The van der Waals surface area contributed by atoms with Gasteiger partial charge in [-0.2, -0.15) is 4.31 Å². The third-order valence-electron chi connectivity index (χ3n) is 6.17. The monoisotopic (exact) mass is 528 g/mol. The number of nitrogens with one attached hydrogen (secondary N) is 2.